The first kappa shape index (κ1) is 13.3. The molecule has 1 aromatic rings. The van der Waals surface area contributed by atoms with Gasteiger partial charge < -0.3 is 4.74 Å². The molecule has 2 aliphatic rings. The van der Waals surface area contributed by atoms with Crippen LogP contribution in [-0.4, -0.2) is 18.0 Å². The van der Waals surface area contributed by atoms with Crippen LogP contribution in [0.3, 0.4) is 0 Å². The first-order chi connectivity index (χ1) is 9.08. The van der Waals surface area contributed by atoms with Crippen molar-refractivity contribution in [2.24, 2.45) is 5.92 Å². The molecule has 1 unspecified atom stereocenters. The van der Waals surface area contributed by atoms with Crippen molar-refractivity contribution in [1.82, 2.24) is 0 Å². The molecule has 1 spiro atoms. The van der Waals surface area contributed by atoms with Gasteiger partial charge in [-0.2, -0.15) is 0 Å². The molecular weight excluding hydrogens is 304 g/mol. The Kier molecular flexibility index (Phi) is 3.52. The fourth-order valence-electron chi connectivity index (χ4n) is 3.29. The van der Waals surface area contributed by atoms with Crippen molar-refractivity contribution in [1.29, 1.82) is 0 Å². The summed E-state index contributed by atoms with van der Waals surface area (Å²) >= 11 is 3.48. The molecule has 2 fully saturated rings. The molecule has 1 saturated heterocycles. The van der Waals surface area contributed by atoms with Gasteiger partial charge in [0.1, 0.15) is 0 Å². The second-order valence-corrected chi connectivity index (χ2v) is 6.87. The van der Waals surface area contributed by atoms with Gasteiger partial charge in [-0.15, -0.1) is 0 Å². The molecule has 1 atom stereocenters. The zero-order chi connectivity index (χ0) is 13.5. The molecular formula is C16H19BrO2. The van der Waals surface area contributed by atoms with E-state index in [0.29, 0.717) is 5.78 Å². The molecule has 1 aromatic carbocycles. The van der Waals surface area contributed by atoms with Crippen LogP contribution in [-0.2, 0) is 4.74 Å². The lowest BCUT2D eigenvalue weighted by Crippen LogP contribution is -2.47. The summed E-state index contributed by atoms with van der Waals surface area (Å²) in [5.41, 5.74) is 2.01. The molecule has 2 nitrogen and oxygen atoms in total. The third-order valence-electron chi connectivity index (χ3n) is 4.46. The smallest absolute Gasteiger partial charge is 0.166 e. The van der Waals surface area contributed by atoms with Gasteiger partial charge in [0.2, 0.25) is 0 Å². The second kappa shape index (κ2) is 5.02. The molecule has 102 valence electrons. The Bertz CT molecular complexity index is 485. The Labute approximate surface area is 122 Å². The standard InChI is InChI=1S/C16H19BrO2/c1-11-7-13(9-14(17)8-11)15(18)12-3-6-19-16(10-12)4-2-5-16/h7-9,12H,2-6,10H2,1H3. The van der Waals surface area contributed by atoms with Crippen molar-refractivity contribution in [3.63, 3.8) is 0 Å². The number of ether oxygens (including phenoxy) is 1. The Morgan fingerprint density at radius 2 is 2.16 bits per heavy atom. The number of rotatable bonds is 2. The van der Waals surface area contributed by atoms with E-state index in [1.54, 1.807) is 0 Å². The van der Waals surface area contributed by atoms with Crippen molar-refractivity contribution in [2.75, 3.05) is 6.61 Å². The lowest BCUT2D eigenvalue weighted by Gasteiger charge is -2.46. The number of aryl methyl sites for hydroxylation is 1. The van der Waals surface area contributed by atoms with E-state index in [4.69, 9.17) is 4.74 Å². The van der Waals surface area contributed by atoms with Crippen molar-refractivity contribution < 1.29 is 9.53 Å². The highest BCUT2D eigenvalue weighted by atomic mass is 79.9. The first-order valence-corrected chi connectivity index (χ1v) is 7.83. The summed E-state index contributed by atoms with van der Waals surface area (Å²) in [5, 5.41) is 0. The van der Waals surface area contributed by atoms with Crippen molar-refractivity contribution >= 4 is 21.7 Å². The number of carbonyl (C=O) groups excluding carboxylic acids is 1. The van der Waals surface area contributed by atoms with E-state index in [2.05, 4.69) is 15.9 Å². The first-order valence-electron chi connectivity index (χ1n) is 7.03. The number of halogens is 1. The Morgan fingerprint density at radius 3 is 2.79 bits per heavy atom. The lowest BCUT2D eigenvalue weighted by atomic mass is 9.70. The van der Waals surface area contributed by atoms with Crippen LogP contribution in [0.15, 0.2) is 22.7 Å². The molecule has 19 heavy (non-hydrogen) atoms. The van der Waals surface area contributed by atoms with Gasteiger partial charge in [-0.25, -0.2) is 0 Å². The van der Waals surface area contributed by atoms with Crippen LogP contribution in [0.25, 0.3) is 0 Å². The predicted octanol–water partition coefficient (Wildman–Crippen LogP) is 4.29. The van der Waals surface area contributed by atoms with Gasteiger partial charge in [-0.1, -0.05) is 15.9 Å². The maximum absolute atomic E-state index is 12.7. The van der Waals surface area contributed by atoms with Crippen LogP contribution in [0.2, 0.25) is 0 Å². The van der Waals surface area contributed by atoms with Crippen molar-refractivity contribution in [3.8, 4) is 0 Å². The maximum atomic E-state index is 12.7. The average molecular weight is 323 g/mol. The minimum Gasteiger partial charge on any atom is -0.375 e. The largest absolute Gasteiger partial charge is 0.375 e. The van der Waals surface area contributed by atoms with Crippen LogP contribution >= 0.6 is 15.9 Å². The Hall–Kier alpha value is -0.670. The van der Waals surface area contributed by atoms with E-state index < -0.39 is 0 Å². The minimum atomic E-state index is 0.0413. The molecule has 0 bridgehead atoms. The molecule has 1 aliphatic carbocycles. The number of Topliss-reactive ketones (excluding diaryl/α,β-unsaturated/α-hetero) is 1. The molecule has 3 rings (SSSR count). The summed E-state index contributed by atoms with van der Waals surface area (Å²) in [6, 6.07) is 5.97. The van der Waals surface area contributed by atoms with E-state index in [1.165, 1.54) is 6.42 Å². The number of hydrogen-bond donors (Lipinski definition) is 0. The predicted molar refractivity (Wildman–Crippen MR) is 78.5 cm³/mol. The summed E-state index contributed by atoms with van der Waals surface area (Å²) in [5.74, 6) is 0.432. The SMILES string of the molecule is Cc1cc(Br)cc(C(=O)C2CCOC3(CCC3)C2)c1. The van der Waals surface area contributed by atoms with Crippen molar-refractivity contribution in [2.45, 2.75) is 44.6 Å². The van der Waals surface area contributed by atoms with Gasteiger partial charge in [-0.05, 0) is 62.8 Å². The zero-order valence-electron chi connectivity index (χ0n) is 11.2. The van der Waals surface area contributed by atoms with E-state index in [9.17, 15) is 4.79 Å². The average Bonchev–Trinajstić information content (AvgIpc) is 2.35. The van der Waals surface area contributed by atoms with Gasteiger partial charge in [0.15, 0.2) is 5.78 Å². The zero-order valence-corrected chi connectivity index (χ0v) is 12.8. The van der Waals surface area contributed by atoms with Crippen LogP contribution in [0.4, 0.5) is 0 Å². The molecule has 1 aliphatic heterocycles. The topological polar surface area (TPSA) is 26.3 Å². The molecule has 0 radical (unpaired) electrons. The molecule has 0 amide bonds. The molecule has 0 N–H and O–H groups in total. The van der Waals surface area contributed by atoms with Gasteiger partial charge in [-0.3, -0.25) is 4.79 Å². The third-order valence-corrected chi connectivity index (χ3v) is 4.91. The van der Waals surface area contributed by atoms with Crippen LogP contribution < -0.4 is 0 Å². The molecule has 1 saturated carbocycles. The minimum absolute atomic E-state index is 0.0413. The monoisotopic (exact) mass is 322 g/mol. The van der Waals surface area contributed by atoms with Gasteiger partial charge in [0, 0.05) is 22.6 Å². The van der Waals surface area contributed by atoms with E-state index in [-0.39, 0.29) is 11.5 Å². The van der Waals surface area contributed by atoms with Gasteiger partial charge in [0.25, 0.3) is 0 Å². The Balaban J connectivity index is 1.79. The maximum Gasteiger partial charge on any atom is 0.166 e. The summed E-state index contributed by atoms with van der Waals surface area (Å²) in [6.07, 6.45) is 5.29. The molecule has 1 heterocycles. The molecule has 0 aromatic heterocycles. The quantitative estimate of drug-likeness (QED) is 0.759. The highest BCUT2D eigenvalue weighted by Crippen LogP contribution is 2.44. The third kappa shape index (κ3) is 2.63. The number of carbonyl (C=O) groups is 1. The van der Waals surface area contributed by atoms with Crippen LogP contribution in [0, 0.1) is 12.8 Å². The number of hydrogen-bond acceptors (Lipinski definition) is 2. The highest BCUT2D eigenvalue weighted by Gasteiger charge is 2.44. The van der Waals surface area contributed by atoms with E-state index in [0.717, 1.165) is 47.9 Å². The van der Waals surface area contributed by atoms with Crippen LogP contribution in [0.5, 0.6) is 0 Å². The summed E-state index contributed by atoms with van der Waals surface area (Å²) < 4.78 is 6.89. The van der Waals surface area contributed by atoms with Gasteiger partial charge >= 0.3 is 0 Å². The number of benzene rings is 1. The Morgan fingerprint density at radius 1 is 1.37 bits per heavy atom. The van der Waals surface area contributed by atoms with Gasteiger partial charge in [0.05, 0.1) is 5.60 Å². The second-order valence-electron chi connectivity index (χ2n) is 5.96. The number of ketones is 1. The normalized spacial score (nSPS) is 25.1. The summed E-state index contributed by atoms with van der Waals surface area (Å²) in [7, 11) is 0. The summed E-state index contributed by atoms with van der Waals surface area (Å²) in [4.78, 5) is 12.7. The highest BCUT2D eigenvalue weighted by molar-refractivity contribution is 9.10. The van der Waals surface area contributed by atoms with Crippen molar-refractivity contribution in [3.05, 3.63) is 33.8 Å². The fourth-order valence-corrected chi connectivity index (χ4v) is 3.89. The van der Waals surface area contributed by atoms with E-state index >= 15 is 0 Å². The lowest BCUT2D eigenvalue weighted by molar-refractivity contribution is -0.137. The van der Waals surface area contributed by atoms with E-state index in [1.807, 2.05) is 25.1 Å². The summed E-state index contributed by atoms with van der Waals surface area (Å²) in [6.45, 7) is 2.77. The van der Waals surface area contributed by atoms with Crippen LogP contribution in [0.1, 0.15) is 48.0 Å². The fraction of sp³-hybridized carbons (Fsp3) is 0.562. The molecule has 3 heteroatoms.